The van der Waals surface area contributed by atoms with Gasteiger partial charge < -0.3 is 19.3 Å². The molecule has 6 nitrogen and oxygen atoms in total. The Hall–Kier alpha value is -3.12. The Morgan fingerprint density at radius 1 is 1.06 bits per heavy atom. The number of hydrogen-bond acceptors (Lipinski definition) is 4. The lowest BCUT2D eigenvalue weighted by Gasteiger charge is -2.42. The second kappa shape index (κ2) is 8.19. The minimum Gasteiger partial charge on any atom is -0.448 e. The molecule has 3 aromatic rings. The van der Waals surface area contributed by atoms with Crippen molar-refractivity contribution < 1.29 is 14.6 Å². The number of piperidine rings is 1. The molecule has 0 unspecified atom stereocenters. The number of likely N-dealkylation sites (tertiary alicyclic amines) is 1. The molecule has 2 aromatic carbocycles. The van der Waals surface area contributed by atoms with Gasteiger partial charge in [-0.05, 0) is 41.5 Å². The van der Waals surface area contributed by atoms with Gasteiger partial charge in [-0.3, -0.25) is 0 Å². The average Bonchev–Trinajstić information content (AvgIpc) is 3.46. The fourth-order valence-corrected chi connectivity index (χ4v) is 5.18. The van der Waals surface area contributed by atoms with E-state index in [4.69, 9.17) is 4.74 Å². The molecule has 1 saturated heterocycles. The Balaban J connectivity index is 1.25. The Bertz CT molecular complexity index is 1010. The van der Waals surface area contributed by atoms with E-state index in [0.29, 0.717) is 26.1 Å². The minimum absolute atomic E-state index is 0.0700. The number of ether oxygens (including phenoxy) is 1. The fourth-order valence-electron chi connectivity index (χ4n) is 5.18. The smallest absolute Gasteiger partial charge is 0.409 e. The lowest BCUT2D eigenvalue weighted by Crippen LogP contribution is -2.48. The van der Waals surface area contributed by atoms with Crippen LogP contribution in [0, 0.1) is 0 Å². The second-order valence-corrected chi connectivity index (χ2v) is 8.46. The highest BCUT2D eigenvalue weighted by atomic mass is 16.6. The first-order valence-corrected chi connectivity index (χ1v) is 10.9. The predicted molar refractivity (Wildman–Crippen MR) is 118 cm³/mol. The average molecular weight is 418 g/mol. The van der Waals surface area contributed by atoms with E-state index < -0.39 is 0 Å². The van der Waals surface area contributed by atoms with Crippen molar-refractivity contribution in [2.45, 2.75) is 30.7 Å². The summed E-state index contributed by atoms with van der Waals surface area (Å²) in [6, 6.07) is 16.7. The van der Waals surface area contributed by atoms with Gasteiger partial charge in [-0.25, -0.2) is 9.78 Å². The molecule has 2 heterocycles. The zero-order valence-corrected chi connectivity index (χ0v) is 17.5. The second-order valence-electron chi connectivity index (χ2n) is 8.46. The monoisotopic (exact) mass is 417 g/mol. The molecular formula is C25H27N3O3. The number of carbonyl (C=O) groups excluding carboxylic acids is 1. The molecule has 31 heavy (non-hydrogen) atoms. The first kappa shape index (κ1) is 19.8. The van der Waals surface area contributed by atoms with Crippen LogP contribution in [-0.2, 0) is 10.3 Å². The normalized spacial score (nSPS) is 17.3. The van der Waals surface area contributed by atoms with E-state index >= 15 is 0 Å². The van der Waals surface area contributed by atoms with Gasteiger partial charge in [0, 0.05) is 38.0 Å². The Morgan fingerprint density at radius 3 is 2.29 bits per heavy atom. The van der Waals surface area contributed by atoms with E-state index in [1.807, 2.05) is 18.3 Å². The third-order valence-corrected chi connectivity index (χ3v) is 6.92. The maximum absolute atomic E-state index is 12.9. The molecule has 1 aromatic heterocycles. The van der Waals surface area contributed by atoms with Gasteiger partial charge >= 0.3 is 6.09 Å². The topological polar surface area (TPSA) is 67.6 Å². The summed E-state index contributed by atoms with van der Waals surface area (Å²) < 4.78 is 7.90. The van der Waals surface area contributed by atoms with E-state index in [0.717, 1.165) is 12.8 Å². The van der Waals surface area contributed by atoms with Gasteiger partial charge in [0.25, 0.3) is 0 Å². The highest BCUT2D eigenvalue weighted by molar-refractivity contribution is 5.79. The van der Waals surface area contributed by atoms with Gasteiger partial charge in [0.05, 0.1) is 11.9 Å². The molecule has 1 fully saturated rings. The largest absolute Gasteiger partial charge is 0.448 e. The van der Waals surface area contributed by atoms with Crippen LogP contribution in [0.4, 0.5) is 4.79 Å². The summed E-state index contributed by atoms with van der Waals surface area (Å²) in [5.41, 5.74) is 4.71. The molecule has 5 rings (SSSR count). The quantitative estimate of drug-likeness (QED) is 0.681. The number of nitrogens with zero attached hydrogens (tertiary/aromatic N) is 3. The molecule has 160 valence electrons. The molecule has 1 N–H and O–H groups in total. The van der Waals surface area contributed by atoms with Gasteiger partial charge in [0.15, 0.2) is 0 Å². The lowest BCUT2D eigenvalue weighted by atomic mass is 9.84. The van der Waals surface area contributed by atoms with E-state index in [2.05, 4.69) is 45.9 Å². The molecule has 1 aliphatic carbocycles. The maximum atomic E-state index is 12.9. The Morgan fingerprint density at radius 2 is 1.71 bits per heavy atom. The molecule has 0 bridgehead atoms. The Kier molecular flexibility index (Phi) is 5.24. The van der Waals surface area contributed by atoms with Crippen molar-refractivity contribution in [1.29, 1.82) is 0 Å². The lowest BCUT2D eigenvalue weighted by molar-refractivity contribution is 0.0568. The molecular weight excluding hydrogens is 390 g/mol. The number of aromatic nitrogens is 2. The number of hydrogen-bond donors (Lipinski definition) is 1. The molecule has 1 aliphatic heterocycles. The van der Waals surface area contributed by atoms with E-state index in [1.165, 1.54) is 22.3 Å². The number of aliphatic hydroxyl groups is 1. The number of amides is 1. The van der Waals surface area contributed by atoms with E-state index in [9.17, 15) is 9.90 Å². The van der Waals surface area contributed by atoms with Crippen molar-refractivity contribution >= 4 is 6.09 Å². The molecule has 0 saturated carbocycles. The van der Waals surface area contributed by atoms with Gasteiger partial charge in [-0.15, -0.1) is 0 Å². The predicted octanol–water partition coefficient (Wildman–Crippen LogP) is 4.01. The van der Waals surface area contributed by atoms with Crippen molar-refractivity contribution in [3.63, 3.8) is 0 Å². The summed E-state index contributed by atoms with van der Waals surface area (Å²) >= 11 is 0. The van der Waals surface area contributed by atoms with Crippen LogP contribution in [-0.4, -0.2) is 52.0 Å². The highest BCUT2D eigenvalue weighted by Gasteiger charge is 2.37. The summed E-state index contributed by atoms with van der Waals surface area (Å²) in [6.45, 7) is 1.67. The van der Waals surface area contributed by atoms with Crippen LogP contribution in [0.25, 0.3) is 11.1 Å². The summed E-state index contributed by atoms with van der Waals surface area (Å²) in [7, 11) is 0. The van der Waals surface area contributed by atoms with Crippen molar-refractivity contribution in [1.82, 2.24) is 14.5 Å². The van der Waals surface area contributed by atoms with Gasteiger partial charge in [-0.1, -0.05) is 48.5 Å². The van der Waals surface area contributed by atoms with Crippen molar-refractivity contribution in [2.75, 3.05) is 26.3 Å². The first-order valence-electron chi connectivity index (χ1n) is 10.9. The zero-order chi connectivity index (χ0) is 21.3. The molecule has 6 heteroatoms. The first-order chi connectivity index (χ1) is 15.2. The fraction of sp³-hybridized carbons (Fsp3) is 0.360. The molecule has 0 radical (unpaired) electrons. The van der Waals surface area contributed by atoms with Crippen molar-refractivity contribution in [3.8, 4) is 11.1 Å². The summed E-state index contributed by atoms with van der Waals surface area (Å²) in [6.07, 6.45) is 7.45. The third-order valence-electron chi connectivity index (χ3n) is 6.92. The van der Waals surface area contributed by atoms with E-state index in [-0.39, 0.29) is 24.2 Å². The standard InChI is InChI=1S/C25H27N3O3/c29-16-11-25(28-15-12-26-18-28)9-13-27(14-10-25)24(30)31-17-23-21-7-3-1-5-19(21)20-6-2-4-8-22(20)23/h1-8,12,15,18,23,29H,9-11,13-14,16-17H2. The summed E-state index contributed by atoms with van der Waals surface area (Å²) in [4.78, 5) is 18.8. The highest BCUT2D eigenvalue weighted by Crippen LogP contribution is 2.44. The van der Waals surface area contributed by atoms with Crippen molar-refractivity contribution in [2.24, 2.45) is 0 Å². The minimum atomic E-state index is -0.259. The summed E-state index contributed by atoms with van der Waals surface area (Å²) in [5.74, 6) is 0.0700. The van der Waals surface area contributed by atoms with Crippen LogP contribution in [0.2, 0.25) is 0 Å². The van der Waals surface area contributed by atoms with Gasteiger partial charge in [0.2, 0.25) is 0 Å². The molecule has 0 atom stereocenters. The molecule has 1 amide bonds. The van der Waals surface area contributed by atoms with Crippen LogP contribution in [0.15, 0.2) is 67.3 Å². The van der Waals surface area contributed by atoms with E-state index in [1.54, 1.807) is 17.4 Å². The third kappa shape index (κ3) is 3.51. The number of imidazole rings is 1. The number of fused-ring (bicyclic) bond motifs is 3. The van der Waals surface area contributed by atoms with Crippen LogP contribution >= 0.6 is 0 Å². The van der Waals surface area contributed by atoms with Crippen LogP contribution in [0.1, 0.15) is 36.3 Å². The molecule has 0 spiro atoms. The van der Waals surface area contributed by atoms with Gasteiger partial charge in [-0.2, -0.15) is 0 Å². The SMILES string of the molecule is O=C(OCC1c2ccccc2-c2ccccc21)N1CCC(CCO)(n2ccnc2)CC1. The Labute approximate surface area is 182 Å². The summed E-state index contributed by atoms with van der Waals surface area (Å²) in [5, 5.41) is 9.58. The number of rotatable bonds is 5. The zero-order valence-electron chi connectivity index (χ0n) is 17.5. The number of aliphatic hydroxyl groups excluding tert-OH is 1. The van der Waals surface area contributed by atoms with Crippen LogP contribution in [0.3, 0.4) is 0 Å². The molecule has 2 aliphatic rings. The van der Waals surface area contributed by atoms with Crippen LogP contribution in [0.5, 0.6) is 0 Å². The van der Waals surface area contributed by atoms with Gasteiger partial charge in [0.1, 0.15) is 6.61 Å². The van der Waals surface area contributed by atoms with Crippen molar-refractivity contribution in [3.05, 3.63) is 78.4 Å². The maximum Gasteiger partial charge on any atom is 0.409 e. The number of benzene rings is 2. The number of carbonyl (C=O) groups is 1. The van der Waals surface area contributed by atoms with Crippen LogP contribution < -0.4 is 0 Å².